The van der Waals surface area contributed by atoms with Crippen molar-refractivity contribution in [1.29, 1.82) is 0 Å². The molecule has 32 heavy (non-hydrogen) atoms. The third-order valence-electron chi connectivity index (χ3n) is 5.82. The lowest BCUT2D eigenvalue weighted by atomic mass is 10.0. The summed E-state index contributed by atoms with van der Waals surface area (Å²) in [6.07, 6.45) is 1.77. The molecule has 0 heterocycles. The predicted octanol–water partition coefficient (Wildman–Crippen LogP) is 4.90. The molecule has 0 spiro atoms. The van der Waals surface area contributed by atoms with Crippen LogP contribution in [0.2, 0.25) is 0 Å². The van der Waals surface area contributed by atoms with Gasteiger partial charge in [-0.3, -0.25) is 9.59 Å². The fourth-order valence-electron chi connectivity index (χ4n) is 4.38. The summed E-state index contributed by atoms with van der Waals surface area (Å²) in [6, 6.07) is 22.5. The number of nitrogens with zero attached hydrogens (tertiary/aromatic N) is 1. The van der Waals surface area contributed by atoms with Crippen LogP contribution >= 0.6 is 0 Å². The molecule has 0 unspecified atom stereocenters. The van der Waals surface area contributed by atoms with Gasteiger partial charge in [0.05, 0.1) is 12.1 Å². The minimum Gasteiger partial charge on any atom is -0.491 e. The van der Waals surface area contributed by atoms with Gasteiger partial charge in [0.25, 0.3) is 5.91 Å². The first-order chi connectivity index (χ1) is 15.4. The number of amides is 2. The molecule has 5 heteroatoms. The first-order valence-electron chi connectivity index (χ1n) is 11.0. The normalized spacial score (nSPS) is 14.8. The average molecular weight is 429 g/mol. The number of aryl methyl sites for hydroxylation is 1. The third-order valence-corrected chi connectivity index (χ3v) is 5.82. The van der Waals surface area contributed by atoms with E-state index >= 15 is 0 Å². The van der Waals surface area contributed by atoms with Crippen LogP contribution in [0.1, 0.15) is 63.7 Å². The number of carbonyl (C=O) groups is 2. The summed E-state index contributed by atoms with van der Waals surface area (Å²) in [5.41, 5.74) is 9.74. The monoisotopic (exact) mass is 428 g/mol. The highest BCUT2D eigenvalue weighted by atomic mass is 16.5. The minimum absolute atomic E-state index is 0.0670. The Labute approximate surface area is 188 Å². The lowest BCUT2D eigenvalue weighted by Gasteiger charge is -2.31. The summed E-state index contributed by atoms with van der Waals surface area (Å²) >= 11 is 0. The smallest absolute Gasteiger partial charge is 0.254 e. The Morgan fingerprint density at radius 1 is 1.03 bits per heavy atom. The summed E-state index contributed by atoms with van der Waals surface area (Å²) in [5, 5.41) is 0. The van der Waals surface area contributed by atoms with Gasteiger partial charge in [-0.25, -0.2) is 0 Å². The van der Waals surface area contributed by atoms with Crippen molar-refractivity contribution in [1.82, 2.24) is 4.90 Å². The number of fused-ring (bicyclic) bond motifs is 1. The number of benzene rings is 3. The predicted molar refractivity (Wildman–Crippen MR) is 125 cm³/mol. The van der Waals surface area contributed by atoms with Gasteiger partial charge >= 0.3 is 0 Å². The molecule has 0 aliphatic heterocycles. The van der Waals surface area contributed by atoms with Gasteiger partial charge in [0, 0.05) is 17.7 Å². The molecule has 0 saturated heterocycles. The van der Waals surface area contributed by atoms with Gasteiger partial charge < -0.3 is 15.4 Å². The van der Waals surface area contributed by atoms with E-state index in [-0.39, 0.29) is 18.1 Å². The molecule has 1 aliphatic carbocycles. The molecule has 0 fully saturated rings. The number of hydrogen-bond donors (Lipinski definition) is 1. The molecular weight excluding hydrogens is 400 g/mol. The van der Waals surface area contributed by atoms with Gasteiger partial charge in [-0.2, -0.15) is 0 Å². The van der Waals surface area contributed by atoms with E-state index < -0.39 is 5.91 Å². The topological polar surface area (TPSA) is 72.6 Å². The maximum atomic E-state index is 13.7. The second-order valence-corrected chi connectivity index (χ2v) is 8.40. The Balaban J connectivity index is 1.75. The number of carbonyl (C=O) groups excluding carboxylic acids is 2. The van der Waals surface area contributed by atoms with Crippen LogP contribution in [0.5, 0.6) is 5.75 Å². The van der Waals surface area contributed by atoms with Crippen LogP contribution in [0.4, 0.5) is 0 Å². The lowest BCUT2D eigenvalue weighted by molar-refractivity contribution is 0.0656. The van der Waals surface area contributed by atoms with Crippen molar-refractivity contribution in [3.8, 4) is 5.75 Å². The number of primary amides is 1. The quantitative estimate of drug-likeness (QED) is 0.582. The van der Waals surface area contributed by atoms with Crippen molar-refractivity contribution in [2.45, 2.75) is 45.4 Å². The van der Waals surface area contributed by atoms with Crippen LogP contribution < -0.4 is 10.5 Å². The van der Waals surface area contributed by atoms with Crippen molar-refractivity contribution in [3.63, 3.8) is 0 Å². The van der Waals surface area contributed by atoms with Gasteiger partial charge in [-0.05, 0) is 73.7 Å². The molecule has 3 aromatic carbocycles. The summed E-state index contributed by atoms with van der Waals surface area (Å²) in [7, 11) is 0. The Kier molecular flexibility index (Phi) is 6.26. The minimum atomic E-state index is -0.493. The van der Waals surface area contributed by atoms with E-state index in [2.05, 4.69) is 12.1 Å². The zero-order valence-corrected chi connectivity index (χ0v) is 18.5. The number of ether oxygens (including phenoxy) is 1. The molecule has 0 saturated carbocycles. The van der Waals surface area contributed by atoms with Crippen LogP contribution in [0.3, 0.4) is 0 Å². The third kappa shape index (κ3) is 4.52. The van der Waals surface area contributed by atoms with Crippen LogP contribution in [-0.4, -0.2) is 22.8 Å². The SMILES string of the molecule is CC(C)Oc1ccc2c(c1)[C@H](N(Cc1ccccc1C(N)=O)C(=O)c1ccccc1)CC2. The first-order valence-corrected chi connectivity index (χ1v) is 11.0. The van der Waals surface area contributed by atoms with E-state index in [9.17, 15) is 9.59 Å². The number of hydrogen-bond acceptors (Lipinski definition) is 3. The fourth-order valence-corrected chi connectivity index (χ4v) is 4.38. The fraction of sp³-hybridized carbons (Fsp3) is 0.259. The summed E-state index contributed by atoms with van der Waals surface area (Å²) in [5.74, 6) is 0.236. The van der Waals surface area contributed by atoms with E-state index in [1.807, 2.05) is 67.3 Å². The van der Waals surface area contributed by atoms with E-state index in [0.29, 0.717) is 17.7 Å². The second kappa shape index (κ2) is 9.27. The summed E-state index contributed by atoms with van der Waals surface area (Å²) in [4.78, 5) is 27.5. The highest BCUT2D eigenvalue weighted by Gasteiger charge is 2.32. The molecule has 2 amide bonds. The van der Waals surface area contributed by atoms with Gasteiger partial charge in [-0.1, -0.05) is 42.5 Å². The Bertz CT molecular complexity index is 1120. The number of nitrogens with two attached hydrogens (primary N) is 1. The molecule has 164 valence electrons. The highest BCUT2D eigenvalue weighted by molar-refractivity contribution is 5.96. The Morgan fingerprint density at radius 2 is 1.75 bits per heavy atom. The van der Waals surface area contributed by atoms with Crippen molar-refractivity contribution in [2.75, 3.05) is 0 Å². The van der Waals surface area contributed by atoms with Crippen molar-refractivity contribution < 1.29 is 14.3 Å². The highest BCUT2D eigenvalue weighted by Crippen LogP contribution is 2.39. The molecular formula is C27H28N2O3. The summed E-state index contributed by atoms with van der Waals surface area (Å²) in [6.45, 7) is 4.29. The molecule has 0 bridgehead atoms. The van der Waals surface area contributed by atoms with Crippen LogP contribution in [0.25, 0.3) is 0 Å². The second-order valence-electron chi connectivity index (χ2n) is 8.40. The molecule has 1 aliphatic rings. The molecule has 2 N–H and O–H groups in total. The van der Waals surface area contributed by atoms with E-state index in [0.717, 1.165) is 29.7 Å². The zero-order valence-electron chi connectivity index (χ0n) is 18.5. The zero-order chi connectivity index (χ0) is 22.7. The molecule has 0 aromatic heterocycles. The molecule has 3 aromatic rings. The van der Waals surface area contributed by atoms with Crippen molar-refractivity contribution in [2.24, 2.45) is 5.73 Å². The van der Waals surface area contributed by atoms with Crippen LogP contribution in [0, 0.1) is 0 Å². The Hall–Kier alpha value is -3.60. The molecule has 5 nitrogen and oxygen atoms in total. The largest absolute Gasteiger partial charge is 0.491 e. The van der Waals surface area contributed by atoms with Gasteiger partial charge in [-0.15, -0.1) is 0 Å². The van der Waals surface area contributed by atoms with Crippen LogP contribution in [0.15, 0.2) is 72.8 Å². The maximum absolute atomic E-state index is 13.7. The standard InChI is InChI=1S/C27H28N2O3/c1-18(2)32-22-14-12-19-13-15-25(24(19)16-22)29(27(31)20-8-4-3-5-9-20)17-21-10-6-7-11-23(21)26(28)30/h3-12,14,16,18,25H,13,15,17H2,1-2H3,(H2,28,30)/t25-/m1/s1. The molecule has 4 rings (SSSR count). The van der Waals surface area contributed by atoms with E-state index in [4.69, 9.17) is 10.5 Å². The van der Waals surface area contributed by atoms with E-state index in [1.165, 1.54) is 5.56 Å². The summed E-state index contributed by atoms with van der Waals surface area (Å²) < 4.78 is 5.92. The average Bonchev–Trinajstić information content (AvgIpc) is 3.20. The first kappa shape index (κ1) is 21.6. The molecule has 0 radical (unpaired) electrons. The van der Waals surface area contributed by atoms with Crippen molar-refractivity contribution >= 4 is 11.8 Å². The van der Waals surface area contributed by atoms with Gasteiger partial charge in [0.15, 0.2) is 0 Å². The maximum Gasteiger partial charge on any atom is 0.254 e. The van der Waals surface area contributed by atoms with Gasteiger partial charge in [0.2, 0.25) is 5.91 Å². The van der Waals surface area contributed by atoms with Gasteiger partial charge in [0.1, 0.15) is 5.75 Å². The number of rotatable bonds is 7. The lowest BCUT2D eigenvalue weighted by Crippen LogP contribution is -2.34. The Morgan fingerprint density at radius 3 is 2.47 bits per heavy atom. The van der Waals surface area contributed by atoms with E-state index in [1.54, 1.807) is 12.1 Å². The van der Waals surface area contributed by atoms with Crippen LogP contribution in [-0.2, 0) is 13.0 Å². The van der Waals surface area contributed by atoms with Crippen molar-refractivity contribution in [3.05, 3.63) is 101 Å². The molecule has 1 atom stereocenters.